The van der Waals surface area contributed by atoms with Crippen molar-refractivity contribution in [1.29, 1.82) is 0 Å². The van der Waals surface area contributed by atoms with Crippen molar-refractivity contribution in [2.75, 3.05) is 0 Å². The van der Waals surface area contributed by atoms with E-state index in [1.165, 1.54) is 6.07 Å². The van der Waals surface area contributed by atoms with Gasteiger partial charge >= 0.3 is 0 Å². The highest BCUT2D eigenvalue weighted by Crippen LogP contribution is 2.21. The van der Waals surface area contributed by atoms with Gasteiger partial charge in [0.15, 0.2) is 0 Å². The highest BCUT2D eigenvalue weighted by atomic mass is 35.5. The van der Waals surface area contributed by atoms with E-state index < -0.39 is 0 Å². The molecular weight excluding hydrogens is 277 g/mol. The van der Waals surface area contributed by atoms with E-state index in [0.717, 1.165) is 29.4 Å². The maximum Gasteiger partial charge on any atom is 0.127 e. The standard InChI is InChI=1S/C15H19ClFN3/c1-3-13-15(16)14(20(4-2)19-13)10-18-9-11-7-5-6-8-12(11)17/h5-8,18H,3-4,9-10H2,1-2H3. The van der Waals surface area contributed by atoms with Crippen LogP contribution in [0.3, 0.4) is 0 Å². The number of halogens is 2. The molecule has 0 radical (unpaired) electrons. The highest BCUT2D eigenvalue weighted by Gasteiger charge is 2.13. The molecule has 0 amide bonds. The van der Waals surface area contributed by atoms with Gasteiger partial charge in [-0.3, -0.25) is 4.68 Å². The van der Waals surface area contributed by atoms with Gasteiger partial charge in [-0.1, -0.05) is 36.7 Å². The first-order valence-electron chi connectivity index (χ1n) is 6.85. The van der Waals surface area contributed by atoms with Crippen molar-refractivity contribution in [1.82, 2.24) is 15.1 Å². The maximum atomic E-state index is 13.5. The van der Waals surface area contributed by atoms with Crippen LogP contribution in [0.5, 0.6) is 0 Å². The number of hydrogen-bond donors (Lipinski definition) is 1. The molecule has 0 saturated carbocycles. The van der Waals surface area contributed by atoms with Crippen LogP contribution in [-0.4, -0.2) is 9.78 Å². The van der Waals surface area contributed by atoms with Crippen LogP contribution >= 0.6 is 11.6 Å². The minimum Gasteiger partial charge on any atom is -0.307 e. The Bertz CT molecular complexity index is 580. The third kappa shape index (κ3) is 3.19. The molecule has 1 aromatic heterocycles. The highest BCUT2D eigenvalue weighted by molar-refractivity contribution is 6.31. The molecule has 20 heavy (non-hydrogen) atoms. The van der Waals surface area contributed by atoms with Crippen LogP contribution in [0.4, 0.5) is 4.39 Å². The lowest BCUT2D eigenvalue weighted by atomic mass is 10.2. The molecule has 1 aromatic carbocycles. The summed E-state index contributed by atoms with van der Waals surface area (Å²) in [5, 5.41) is 8.41. The number of nitrogens with one attached hydrogen (secondary N) is 1. The Morgan fingerprint density at radius 1 is 1.25 bits per heavy atom. The van der Waals surface area contributed by atoms with Crippen LogP contribution in [-0.2, 0) is 26.1 Å². The third-order valence-corrected chi connectivity index (χ3v) is 3.70. The fraction of sp³-hybridized carbons (Fsp3) is 0.400. The minimum atomic E-state index is -0.190. The fourth-order valence-corrected chi connectivity index (χ4v) is 2.48. The Kier molecular flexibility index (Phi) is 5.15. The van der Waals surface area contributed by atoms with Crippen LogP contribution in [0.1, 0.15) is 30.8 Å². The number of aryl methyl sites for hydroxylation is 2. The molecule has 1 heterocycles. The van der Waals surface area contributed by atoms with E-state index in [9.17, 15) is 4.39 Å². The second-order valence-electron chi connectivity index (χ2n) is 4.57. The molecule has 0 fully saturated rings. The molecule has 2 aromatic rings. The van der Waals surface area contributed by atoms with E-state index in [-0.39, 0.29) is 5.82 Å². The van der Waals surface area contributed by atoms with Gasteiger partial charge in [0.25, 0.3) is 0 Å². The Labute approximate surface area is 123 Å². The topological polar surface area (TPSA) is 29.9 Å². The first-order chi connectivity index (χ1) is 9.67. The van der Waals surface area contributed by atoms with Crippen LogP contribution < -0.4 is 5.32 Å². The summed E-state index contributed by atoms with van der Waals surface area (Å²) in [7, 11) is 0. The van der Waals surface area contributed by atoms with E-state index >= 15 is 0 Å². The number of nitrogens with zero attached hydrogens (tertiary/aromatic N) is 2. The lowest BCUT2D eigenvalue weighted by Crippen LogP contribution is -2.17. The summed E-state index contributed by atoms with van der Waals surface area (Å²) >= 11 is 6.32. The van der Waals surface area contributed by atoms with Gasteiger partial charge in [-0.15, -0.1) is 0 Å². The lowest BCUT2D eigenvalue weighted by Gasteiger charge is -2.08. The summed E-state index contributed by atoms with van der Waals surface area (Å²) < 4.78 is 15.4. The van der Waals surface area contributed by atoms with Crippen LogP contribution in [0.2, 0.25) is 5.02 Å². The molecule has 5 heteroatoms. The monoisotopic (exact) mass is 295 g/mol. The number of benzene rings is 1. The van der Waals surface area contributed by atoms with Gasteiger partial charge in [0.1, 0.15) is 5.82 Å². The van der Waals surface area contributed by atoms with Crippen molar-refractivity contribution in [2.45, 2.75) is 39.9 Å². The molecule has 1 N–H and O–H groups in total. The van der Waals surface area contributed by atoms with E-state index in [1.807, 2.05) is 24.6 Å². The number of hydrogen-bond acceptors (Lipinski definition) is 2. The van der Waals surface area contributed by atoms with E-state index in [4.69, 9.17) is 11.6 Å². The Hall–Kier alpha value is -1.39. The molecule has 108 valence electrons. The summed E-state index contributed by atoms with van der Waals surface area (Å²) in [6.45, 7) is 5.89. The van der Waals surface area contributed by atoms with Gasteiger partial charge in [0.2, 0.25) is 0 Å². The minimum absolute atomic E-state index is 0.190. The molecule has 3 nitrogen and oxygen atoms in total. The van der Waals surface area contributed by atoms with Gasteiger partial charge < -0.3 is 5.32 Å². The van der Waals surface area contributed by atoms with Crippen molar-refractivity contribution in [3.63, 3.8) is 0 Å². The molecule has 0 saturated heterocycles. The SMILES string of the molecule is CCc1nn(CC)c(CNCc2ccccc2F)c1Cl. The molecule has 0 unspecified atom stereocenters. The zero-order chi connectivity index (χ0) is 14.5. The predicted octanol–water partition coefficient (Wildman–Crippen LogP) is 3.55. The van der Waals surface area contributed by atoms with Gasteiger partial charge in [0.05, 0.1) is 16.4 Å². The van der Waals surface area contributed by atoms with E-state index in [2.05, 4.69) is 10.4 Å². The second-order valence-corrected chi connectivity index (χ2v) is 4.95. The molecule has 0 spiro atoms. The molecule has 0 aliphatic heterocycles. The van der Waals surface area contributed by atoms with Gasteiger partial charge in [0, 0.05) is 25.2 Å². The summed E-state index contributed by atoms with van der Waals surface area (Å²) in [5.74, 6) is -0.190. The van der Waals surface area contributed by atoms with E-state index in [1.54, 1.807) is 12.1 Å². The van der Waals surface area contributed by atoms with Crippen molar-refractivity contribution in [2.24, 2.45) is 0 Å². The Morgan fingerprint density at radius 2 is 2.00 bits per heavy atom. The molecule has 0 atom stereocenters. The third-order valence-electron chi connectivity index (χ3n) is 3.26. The van der Waals surface area contributed by atoms with Crippen LogP contribution in [0.15, 0.2) is 24.3 Å². The summed E-state index contributed by atoms with van der Waals surface area (Å²) in [6, 6.07) is 6.77. The van der Waals surface area contributed by atoms with E-state index in [0.29, 0.717) is 18.7 Å². The first kappa shape index (κ1) is 15.0. The second kappa shape index (κ2) is 6.86. The maximum absolute atomic E-state index is 13.5. The largest absolute Gasteiger partial charge is 0.307 e. The molecule has 0 bridgehead atoms. The summed E-state index contributed by atoms with van der Waals surface area (Å²) in [6.07, 6.45) is 0.812. The van der Waals surface area contributed by atoms with Crippen molar-refractivity contribution in [3.8, 4) is 0 Å². The Balaban J connectivity index is 2.04. The van der Waals surface area contributed by atoms with Gasteiger partial charge in [-0.05, 0) is 19.4 Å². The number of rotatable bonds is 6. The molecule has 0 aliphatic carbocycles. The van der Waals surface area contributed by atoms with Gasteiger partial charge in [-0.25, -0.2) is 4.39 Å². The summed E-state index contributed by atoms with van der Waals surface area (Å²) in [4.78, 5) is 0. The van der Waals surface area contributed by atoms with Crippen molar-refractivity contribution in [3.05, 3.63) is 52.1 Å². The fourth-order valence-electron chi connectivity index (χ4n) is 2.14. The van der Waals surface area contributed by atoms with Crippen LogP contribution in [0.25, 0.3) is 0 Å². The zero-order valence-electron chi connectivity index (χ0n) is 11.8. The average molecular weight is 296 g/mol. The van der Waals surface area contributed by atoms with Crippen LogP contribution in [0, 0.1) is 5.82 Å². The van der Waals surface area contributed by atoms with Crippen molar-refractivity contribution >= 4 is 11.6 Å². The molecular formula is C15H19ClFN3. The molecule has 0 aliphatic rings. The average Bonchev–Trinajstić information content (AvgIpc) is 2.77. The normalized spacial score (nSPS) is 11.0. The summed E-state index contributed by atoms with van der Waals surface area (Å²) in [5.41, 5.74) is 2.53. The Morgan fingerprint density at radius 3 is 2.65 bits per heavy atom. The lowest BCUT2D eigenvalue weighted by molar-refractivity contribution is 0.559. The van der Waals surface area contributed by atoms with Gasteiger partial charge in [-0.2, -0.15) is 5.10 Å². The molecule has 2 rings (SSSR count). The predicted molar refractivity (Wildman–Crippen MR) is 79.2 cm³/mol. The number of aromatic nitrogens is 2. The first-order valence-corrected chi connectivity index (χ1v) is 7.23. The smallest absolute Gasteiger partial charge is 0.127 e. The van der Waals surface area contributed by atoms with Crippen molar-refractivity contribution < 1.29 is 4.39 Å². The zero-order valence-corrected chi connectivity index (χ0v) is 12.5. The quantitative estimate of drug-likeness (QED) is 0.883.